The van der Waals surface area contributed by atoms with Crippen LogP contribution in [0, 0.1) is 0 Å². The smallest absolute Gasteiger partial charge is 0.329 e. The number of nitrogens with two attached hydrogens (primary N) is 1. The van der Waals surface area contributed by atoms with Crippen molar-refractivity contribution < 1.29 is 22.0 Å². The van der Waals surface area contributed by atoms with Crippen LogP contribution in [0.15, 0.2) is 0 Å². The molecule has 17 heavy (non-hydrogen) atoms. The van der Waals surface area contributed by atoms with Crippen molar-refractivity contribution >= 4 is 0 Å². The number of likely N-dealkylation sites (tertiary alicyclic amines) is 1. The van der Waals surface area contributed by atoms with Crippen LogP contribution in [-0.2, 0) is 0 Å². The molecule has 0 radical (unpaired) electrons. The van der Waals surface area contributed by atoms with Crippen LogP contribution in [0.5, 0.6) is 0 Å². The lowest BCUT2D eigenvalue weighted by atomic mass is 9.99. The molecule has 1 heterocycles. The number of hydrogen-bond donors (Lipinski definition) is 1. The molecule has 1 aliphatic rings. The van der Waals surface area contributed by atoms with Gasteiger partial charge in [-0.3, -0.25) is 4.90 Å². The first kappa shape index (κ1) is 14.6. The summed E-state index contributed by atoms with van der Waals surface area (Å²) < 4.78 is 62.9. The highest BCUT2D eigenvalue weighted by atomic mass is 19.4. The lowest BCUT2D eigenvalue weighted by molar-refractivity contribution is -0.306. The molecule has 0 aromatic rings. The van der Waals surface area contributed by atoms with E-state index in [1.807, 2.05) is 0 Å². The molecule has 2 N–H and O–H groups in total. The number of halogens is 5. The minimum atomic E-state index is -5.56. The first-order chi connectivity index (χ1) is 7.61. The fourth-order valence-electron chi connectivity index (χ4n) is 1.78. The summed E-state index contributed by atoms with van der Waals surface area (Å²) in [6.45, 7) is -0.353. The minimum absolute atomic E-state index is 0.00748. The predicted molar refractivity (Wildman–Crippen MR) is 52.9 cm³/mol. The molecule has 8 heteroatoms. The number of rotatable bonds is 4. The summed E-state index contributed by atoms with van der Waals surface area (Å²) >= 11 is 0. The van der Waals surface area contributed by atoms with Crippen LogP contribution >= 0.6 is 0 Å². The van der Waals surface area contributed by atoms with Gasteiger partial charge in [0.05, 0.1) is 6.04 Å². The van der Waals surface area contributed by atoms with Crippen LogP contribution in [0.2, 0.25) is 0 Å². The quantitative estimate of drug-likeness (QED) is 0.758. The number of likely N-dealkylation sites (N-methyl/N-ethyl adjacent to an activating group) is 1. The van der Waals surface area contributed by atoms with Crippen molar-refractivity contribution in [2.24, 2.45) is 5.73 Å². The van der Waals surface area contributed by atoms with E-state index in [4.69, 9.17) is 5.73 Å². The second kappa shape index (κ2) is 4.66. The molecule has 102 valence electrons. The maximum atomic E-state index is 13.1. The average Bonchev–Trinajstić information content (AvgIpc) is 2.06. The second-order valence-electron chi connectivity index (χ2n) is 4.44. The molecule has 1 rings (SSSR count). The van der Waals surface area contributed by atoms with Gasteiger partial charge in [-0.1, -0.05) is 0 Å². The molecule has 0 amide bonds. The molecule has 1 aliphatic heterocycles. The largest absolute Gasteiger partial charge is 0.455 e. The molecule has 1 saturated heterocycles. The Morgan fingerprint density at radius 2 is 1.71 bits per heavy atom. The summed E-state index contributed by atoms with van der Waals surface area (Å²) in [5.74, 6) is -4.76. The predicted octanol–water partition coefficient (Wildman–Crippen LogP) is 0.757. The van der Waals surface area contributed by atoms with Gasteiger partial charge in [0.15, 0.2) is 0 Å². The number of alkyl halides is 5. The SMILES string of the molecule is CN(C)C1CN(C(CN)C(F)(F)C(F)(F)F)C1. The molecular formula is C9H16F5N3. The lowest BCUT2D eigenvalue weighted by Gasteiger charge is -2.48. The van der Waals surface area contributed by atoms with Gasteiger partial charge in [-0.25, -0.2) is 0 Å². The van der Waals surface area contributed by atoms with E-state index in [2.05, 4.69) is 0 Å². The molecule has 0 aromatic heterocycles. The molecule has 3 nitrogen and oxygen atoms in total. The Hall–Kier alpha value is -0.470. The Morgan fingerprint density at radius 1 is 1.24 bits per heavy atom. The van der Waals surface area contributed by atoms with Gasteiger partial charge in [0.25, 0.3) is 0 Å². The topological polar surface area (TPSA) is 32.5 Å². The van der Waals surface area contributed by atoms with Crippen molar-refractivity contribution in [2.45, 2.75) is 24.2 Å². The molecule has 1 fully saturated rings. The van der Waals surface area contributed by atoms with Gasteiger partial charge >= 0.3 is 12.1 Å². The number of hydrogen-bond acceptors (Lipinski definition) is 3. The minimum Gasteiger partial charge on any atom is -0.329 e. The lowest BCUT2D eigenvalue weighted by Crippen LogP contribution is -2.68. The van der Waals surface area contributed by atoms with Crippen LogP contribution in [0.25, 0.3) is 0 Å². The summed E-state index contributed by atoms with van der Waals surface area (Å²) in [5, 5.41) is 0. The maximum Gasteiger partial charge on any atom is 0.455 e. The molecule has 0 bridgehead atoms. The summed E-state index contributed by atoms with van der Waals surface area (Å²) in [4.78, 5) is 2.87. The molecule has 0 saturated carbocycles. The summed E-state index contributed by atoms with van der Waals surface area (Å²) in [6, 6.07) is -1.97. The van der Waals surface area contributed by atoms with Crippen molar-refractivity contribution in [2.75, 3.05) is 33.7 Å². The second-order valence-corrected chi connectivity index (χ2v) is 4.44. The van der Waals surface area contributed by atoms with Crippen molar-refractivity contribution in [3.8, 4) is 0 Å². The van der Waals surface area contributed by atoms with Gasteiger partial charge < -0.3 is 10.6 Å². The molecule has 1 atom stereocenters. The van der Waals surface area contributed by atoms with E-state index in [1.165, 1.54) is 0 Å². The Kier molecular flexibility index (Phi) is 4.00. The van der Waals surface area contributed by atoms with Crippen molar-refractivity contribution in [3.05, 3.63) is 0 Å². The van der Waals surface area contributed by atoms with Crippen LogP contribution in [0.3, 0.4) is 0 Å². The maximum absolute atomic E-state index is 13.1. The van der Waals surface area contributed by atoms with Crippen LogP contribution in [0.4, 0.5) is 22.0 Å². The zero-order valence-electron chi connectivity index (χ0n) is 9.64. The van der Waals surface area contributed by atoms with E-state index in [-0.39, 0.29) is 19.1 Å². The van der Waals surface area contributed by atoms with E-state index in [1.54, 1.807) is 19.0 Å². The molecule has 0 aliphatic carbocycles. The third-order valence-electron chi connectivity index (χ3n) is 3.08. The van der Waals surface area contributed by atoms with Crippen molar-refractivity contribution in [1.29, 1.82) is 0 Å². The van der Waals surface area contributed by atoms with E-state index >= 15 is 0 Å². The van der Waals surface area contributed by atoms with Gasteiger partial charge in [0.1, 0.15) is 0 Å². The first-order valence-electron chi connectivity index (χ1n) is 5.16. The van der Waals surface area contributed by atoms with Gasteiger partial charge in [-0.15, -0.1) is 0 Å². The zero-order chi connectivity index (χ0) is 13.4. The Morgan fingerprint density at radius 3 is 2.00 bits per heavy atom. The highest BCUT2D eigenvalue weighted by molar-refractivity contribution is 4.98. The zero-order valence-corrected chi connectivity index (χ0v) is 9.64. The van der Waals surface area contributed by atoms with E-state index in [9.17, 15) is 22.0 Å². The van der Waals surface area contributed by atoms with Crippen LogP contribution in [0.1, 0.15) is 0 Å². The molecular weight excluding hydrogens is 245 g/mol. The Labute approximate surface area is 96.3 Å². The van der Waals surface area contributed by atoms with E-state index in [0.717, 1.165) is 4.90 Å². The summed E-state index contributed by atoms with van der Waals surface area (Å²) in [7, 11) is 3.50. The van der Waals surface area contributed by atoms with Crippen LogP contribution < -0.4 is 5.73 Å². The third kappa shape index (κ3) is 2.69. The van der Waals surface area contributed by atoms with Gasteiger partial charge in [-0.05, 0) is 14.1 Å². The van der Waals surface area contributed by atoms with Crippen molar-refractivity contribution in [1.82, 2.24) is 9.80 Å². The standard InChI is InChI=1S/C9H16F5N3/c1-16(2)6-4-17(5-6)7(3-15)8(10,11)9(12,13)14/h6-7H,3-5,15H2,1-2H3. The normalized spacial score (nSPS) is 21.7. The summed E-state index contributed by atoms with van der Waals surface area (Å²) in [5.41, 5.74) is 5.05. The van der Waals surface area contributed by atoms with Crippen LogP contribution in [-0.4, -0.2) is 67.7 Å². The monoisotopic (exact) mass is 261 g/mol. The highest BCUT2D eigenvalue weighted by Gasteiger charge is 2.64. The van der Waals surface area contributed by atoms with E-state index < -0.39 is 24.7 Å². The van der Waals surface area contributed by atoms with E-state index in [0.29, 0.717) is 0 Å². The highest BCUT2D eigenvalue weighted by Crippen LogP contribution is 2.40. The first-order valence-corrected chi connectivity index (χ1v) is 5.16. The van der Waals surface area contributed by atoms with Gasteiger partial charge in [-0.2, -0.15) is 22.0 Å². The number of nitrogens with zero attached hydrogens (tertiary/aromatic N) is 2. The van der Waals surface area contributed by atoms with Gasteiger partial charge in [0.2, 0.25) is 0 Å². The molecule has 0 spiro atoms. The third-order valence-corrected chi connectivity index (χ3v) is 3.08. The summed E-state index contributed by atoms with van der Waals surface area (Å²) in [6.07, 6.45) is -5.56. The Balaban J connectivity index is 2.68. The fourth-order valence-corrected chi connectivity index (χ4v) is 1.78. The fraction of sp³-hybridized carbons (Fsp3) is 1.00. The van der Waals surface area contributed by atoms with Gasteiger partial charge in [0, 0.05) is 25.7 Å². The average molecular weight is 261 g/mol. The molecule has 1 unspecified atom stereocenters. The Bertz CT molecular complexity index is 260. The van der Waals surface area contributed by atoms with Crippen molar-refractivity contribution in [3.63, 3.8) is 0 Å². The molecule has 0 aromatic carbocycles.